The van der Waals surface area contributed by atoms with Crippen LogP contribution in [0.2, 0.25) is 0 Å². The van der Waals surface area contributed by atoms with Crippen LogP contribution >= 0.6 is 11.3 Å². The number of fused-ring (bicyclic) bond motifs is 1. The molecule has 0 aromatic carbocycles. The van der Waals surface area contributed by atoms with Gasteiger partial charge in [0.2, 0.25) is 0 Å². The van der Waals surface area contributed by atoms with E-state index in [1.807, 2.05) is 11.3 Å². The molecule has 2 aliphatic rings. The highest BCUT2D eigenvalue weighted by atomic mass is 32.1. The zero-order valence-electron chi connectivity index (χ0n) is 9.04. The van der Waals surface area contributed by atoms with Gasteiger partial charge in [-0.15, -0.1) is 11.3 Å². The van der Waals surface area contributed by atoms with Gasteiger partial charge in [-0.25, -0.2) is 4.98 Å². The number of aryl methyl sites for hydroxylation is 2. The number of aromatic nitrogens is 1. The van der Waals surface area contributed by atoms with Crippen LogP contribution < -0.4 is 5.73 Å². The number of hydrogen-bond donors (Lipinski definition) is 1. The second-order valence-electron chi connectivity index (χ2n) is 4.85. The fourth-order valence-corrected chi connectivity index (χ4v) is 3.60. The molecule has 0 amide bonds. The predicted molar refractivity (Wildman–Crippen MR) is 63.0 cm³/mol. The van der Waals surface area contributed by atoms with Crippen LogP contribution in [0.5, 0.6) is 0 Å². The van der Waals surface area contributed by atoms with Crippen LogP contribution in [0.3, 0.4) is 0 Å². The maximum absolute atomic E-state index is 6.20. The summed E-state index contributed by atoms with van der Waals surface area (Å²) in [6, 6.07) is 0.238. The van der Waals surface area contributed by atoms with Gasteiger partial charge in [0.05, 0.1) is 11.7 Å². The fraction of sp³-hybridized carbons (Fsp3) is 0.750. The summed E-state index contributed by atoms with van der Waals surface area (Å²) in [4.78, 5) is 6.29. The Morgan fingerprint density at radius 3 is 2.80 bits per heavy atom. The van der Waals surface area contributed by atoms with Crippen LogP contribution in [-0.2, 0) is 12.8 Å². The van der Waals surface area contributed by atoms with Crippen LogP contribution in [0, 0.1) is 5.92 Å². The Kier molecular flexibility index (Phi) is 2.53. The molecule has 3 heteroatoms. The van der Waals surface area contributed by atoms with Crippen LogP contribution in [0.15, 0.2) is 0 Å². The summed E-state index contributed by atoms with van der Waals surface area (Å²) in [5, 5.41) is 1.21. The Morgan fingerprint density at radius 1 is 1.20 bits per heavy atom. The van der Waals surface area contributed by atoms with E-state index < -0.39 is 0 Å². The summed E-state index contributed by atoms with van der Waals surface area (Å²) in [6.07, 6.45) is 9.07. The van der Waals surface area contributed by atoms with Crippen molar-refractivity contribution in [2.24, 2.45) is 11.7 Å². The van der Waals surface area contributed by atoms with E-state index in [2.05, 4.69) is 0 Å². The van der Waals surface area contributed by atoms with E-state index in [-0.39, 0.29) is 6.04 Å². The minimum atomic E-state index is 0.238. The molecule has 1 atom stereocenters. The Bertz CT molecular complexity index is 331. The van der Waals surface area contributed by atoms with Gasteiger partial charge < -0.3 is 5.73 Å². The van der Waals surface area contributed by atoms with Gasteiger partial charge in [-0.1, -0.05) is 6.42 Å². The molecule has 1 saturated carbocycles. The number of thiazole rings is 1. The maximum Gasteiger partial charge on any atom is 0.110 e. The Hall–Kier alpha value is -0.410. The summed E-state index contributed by atoms with van der Waals surface area (Å²) >= 11 is 1.89. The van der Waals surface area contributed by atoms with Crippen LogP contribution in [0.25, 0.3) is 0 Å². The van der Waals surface area contributed by atoms with Gasteiger partial charge in [0.1, 0.15) is 5.01 Å². The normalized spacial score (nSPS) is 23.3. The van der Waals surface area contributed by atoms with E-state index in [0.717, 1.165) is 5.92 Å². The standard InChI is InChI=1S/C12H18N2S/c13-11(8-6-7-8)12-14-9-4-2-1-3-5-10(9)15-12/h8,11H,1-7,13H2. The van der Waals surface area contributed by atoms with E-state index in [9.17, 15) is 0 Å². The molecule has 1 fully saturated rings. The lowest BCUT2D eigenvalue weighted by Gasteiger charge is -2.04. The second kappa shape index (κ2) is 3.87. The molecular weight excluding hydrogens is 204 g/mol. The van der Waals surface area contributed by atoms with Gasteiger partial charge in [0.25, 0.3) is 0 Å². The van der Waals surface area contributed by atoms with E-state index in [0.29, 0.717) is 0 Å². The van der Waals surface area contributed by atoms with Crippen molar-refractivity contribution in [1.29, 1.82) is 0 Å². The molecule has 0 aliphatic heterocycles. The van der Waals surface area contributed by atoms with Gasteiger partial charge >= 0.3 is 0 Å². The first-order valence-corrected chi connectivity index (χ1v) is 6.90. The molecular formula is C12H18N2S. The first-order chi connectivity index (χ1) is 7.34. The van der Waals surface area contributed by atoms with Crippen molar-refractivity contribution in [2.45, 2.75) is 51.0 Å². The summed E-state index contributed by atoms with van der Waals surface area (Å²) in [7, 11) is 0. The molecule has 15 heavy (non-hydrogen) atoms. The van der Waals surface area contributed by atoms with Gasteiger partial charge in [0, 0.05) is 4.88 Å². The minimum absolute atomic E-state index is 0.238. The molecule has 0 spiro atoms. The van der Waals surface area contributed by atoms with Crippen molar-refractivity contribution >= 4 is 11.3 Å². The first-order valence-electron chi connectivity index (χ1n) is 6.08. The monoisotopic (exact) mass is 222 g/mol. The lowest BCUT2D eigenvalue weighted by Crippen LogP contribution is -2.11. The van der Waals surface area contributed by atoms with Gasteiger partial charge in [-0.3, -0.25) is 0 Å². The van der Waals surface area contributed by atoms with Crippen molar-refractivity contribution in [1.82, 2.24) is 4.98 Å². The molecule has 1 heterocycles. The van der Waals surface area contributed by atoms with Gasteiger partial charge in [0.15, 0.2) is 0 Å². The molecule has 0 saturated heterocycles. The predicted octanol–water partition coefficient (Wildman–Crippen LogP) is 2.82. The largest absolute Gasteiger partial charge is 0.322 e. The lowest BCUT2D eigenvalue weighted by atomic mass is 10.2. The van der Waals surface area contributed by atoms with Gasteiger partial charge in [-0.05, 0) is 44.4 Å². The van der Waals surface area contributed by atoms with E-state index in [1.54, 1.807) is 0 Å². The molecule has 2 nitrogen and oxygen atoms in total. The smallest absolute Gasteiger partial charge is 0.110 e. The van der Waals surface area contributed by atoms with E-state index in [1.165, 1.54) is 60.5 Å². The van der Waals surface area contributed by atoms with Crippen molar-refractivity contribution in [3.05, 3.63) is 15.6 Å². The fourth-order valence-electron chi connectivity index (χ4n) is 2.35. The lowest BCUT2D eigenvalue weighted by molar-refractivity contribution is 0.624. The average molecular weight is 222 g/mol. The highest BCUT2D eigenvalue weighted by molar-refractivity contribution is 7.11. The second-order valence-corrected chi connectivity index (χ2v) is 5.96. The molecule has 0 bridgehead atoms. The SMILES string of the molecule is NC(c1nc2c(s1)CCCCC2)C1CC1. The highest BCUT2D eigenvalue weighted by Crippen LogP contribution is 2.41. The topological polar surface area (TPSA) is 38.9 Å². The first kappa shape index (κ1) is 9.79. The third kappa shape index (κ3) is 1.95. The van der Waals surface area contributed by atoms with Crippen LogP contribution in [-0.4, -0.2) is 4.98 Å². The Labute approximate surface area is 94.9 Å². The molecule has 1 aromatic rings. The quantitative estimate of drug-likeness (QED) is 0.781. The highest BCUT2D eigenvalue weighted by Gasteiger charge is 2.32. The van der Waals surface area contributed by atoms with Crippen LogP contribution in [0.4, 0.5) is 0 Å². The summed E-state index contributed by atoms with van der Waals surface area (Å²) in [5.74, 6) is 0.736. The maximum atomic E-state index is 6.20. The van der Waals surface area contributed by atoms with Crippen molar-refractivity contribution in [3.8, 4) is 0 Å². The molecule has 3 rings (SSSR count). The van der Waals surface area contributed by atoms with Crippen molar-refractivity contribution in [3.63, 3.8) is 0 Å². The number of nitrogens with two attached hydrogens (primary N) is 1. The minimum Gasteiger partial charge on any atom is -0.322 e. The summed E-state index contributed by atoms with van der Waals surface area (Å²) in [6.45, 7) is 0. The van der Waals surface area contributed by atoms with Gasteiger partial charge in [-0.2, -0.15) is 0 Å². The molecule has 2 aliphatic carbocycles. The van der Waals surface area contributed by atoms with Crippen molar-refractivity contribution < 1.29 is 0 Å². The molecule has 0 radical (unpaired) electrons. The summed E-state index contributed by atoms with van der Waals surface area (Å²) < 4.78 is 0. The number of rotatable bonds is 2. The third-order valence-corrected chi connectivity index (χ3v) is 4.79. The third-order valence-electron chi connectivity index (χ3n) is 3.53. The van der Waals surface area contributed by atoms with E-state index >= 15 is 0 Å². The Balaban J connectivity index is 1.84. The zero-order valence-corrected chi connectivity index (χ0v) is 9.85. The molecule has 1 aromatic heterocycles. The number of nitrogens with zero attached hydrogens (tertiary/aromatic N) is 1. The van der Waals surface area contributed by atoms with Crippen LogP contribution in [0.1, 0.15) is 53.7 Å². The van der Waals surface area contributed by atoms with E-state index in [4.69, 9.17) is 10.7 Å². The molecule has 82 valence electrons. The zero-order chi connectivity index (χ0) is 10.3. The van der Waals surface area contributed by atoms with Crippen molar-refractivity contribution in [2.75, 3.05) is 0 Å². The summed E-state index contributed by atoms with van der Waals surface area (Å²) in [5.41, 5.74) is 7.56. The Morgan fingerprint density at radius 2 is 2.00 bits per heavy atom. The molecule has 2 N–H and O–H groups in total. The molecule has 1 unspecified atom stereocenters. The average Bonchev–Trinajstić information content (AvgIpc) is 3.03. The number of hydrogen-bond acceptors (Lipinski definition) is 3.